The van der Waals surface area contributed by atoms with Crippen molar-refractivity contribution < 1.29 is 18.4 Å². The predicted octanol–water partition coefficient (Wildman–Crippen LogP) is 4.24. The molecule has 146 valence electrons. The van der Waals surface area contributed by atoms with Gasteiger partial charge in [0.2, 0.25) is 0 Å². The molecule has 0 atom stereocenters. The predicted molar refractivity (Wildman–Crippen MR) is 106 cm³/mol. The number of nitrogens with zero attached hydrogens (tertiary/aromatic N) is 3. The second-order valence-corrected chi connectivity index (χ2v) is 7.07. The number of carbonyl (C=O) groups is 2. The summed E-state index contributed by atoms with van der Waals surface area (Å²) in [5, 5.41) is 6.89. The van der Waals surface area contributed by atoms with E-state index in [-0.39, 0.29) is 17.2 Å². The summed E-state index contributed by atoms with van der Waals surface area (Å²) in [6.45, 7) is 1.73. The van der Waals surface area contributed by atoms with Crippen LogP contribution in [0.4, 0.5) is 10.1 Å². The zero-order valence-electron chi connectivity index (χ0n) is 15.3. The molecule has 0 saturated heterocycles. The monoisotopic (exact) mass is 410 g/mol. The van der Waals surface area contributed by atoms with Gasteiger partial charge in [-0.25, -0.2) is 9.37 Å². The molecule has 7 nitrogen and oxygen atoms in total. The van der Waals surface area contributed by atoms with Crippen molar-refractivity contribution in [3.8, 4) is 10.4 Å². The van der Waals surface area contributed by atoms with Gasteiger partial charge >= 0.3 is 0 Å². The summed E-state index contributed by atoms with van der Waals surface area (Å²) in [5.41, 5.74) is 2.43. The largest absolute Gasteiger partial charge is 0.456 e. The number of nitrogens with one attached hydrogen (secondary N) is 1. The SMILES string of the molecule is CC(=O)c1ccc(Cn2cc(NC(=O)c3ncsc3-c3ccccc3F)cn2)o1. The molecule has 4 aromatic rings. The number of amides is 1. The van der Waals surface area contributed by atoms with Gasteiger partial charge in [0.15, 0.2) is 11.5 Å². The second kappa shape index (κ2) is 7.80. The number of halogens is 1. The Balaban J connectivity index is 1.48. The molecule has 0 fully saturated rings. The Morgan fingerprint density at radius 3 is 2.83 bits per heavy atom. The van der Waals surface area contributed by atoms with E-state index in [1.54, 1.807) is 41.2 Å². The third-order valence-corrected chi connectivity index (χ3v) is 4.98. The van der Waals surface area contributed by atoms with Crippen molar-refractivity contribution in [3.05, 3.63) is 77.3 Å². The van der Waals surface area contributed by atoms with Gasteiger partial charge in [0.25, 0.3) is 5.91 Å². The summed E-state index contributed by atoms with van der Waals surface area (Å²) in [6.07, 6.45) is 3.12. The van der Waals surface area contributed by atoms with Crippen molar-refractivity contribution in [1.82, 2.24) is 14.8 Å². The summed E-state index contributed by atoms with van der Waals surface area (Å²) in [4.78, 5) is 28.5. The molecule has 0 spiro atoms. The van der Waals surface area contributed by atoms with Gasteiger partial charge in [-0.3, -0.25) is 14.3 Å². The molecule has 1 aromatic carbocycles. The number of rotatable bonds is 6. The molecule has 0 aliphatic heterocycles. The number of Topliss-reactive ketones (excluding diaryl/α,β-unsaturated/α-hetero) is 1. The van der Waals surface area contributed by atoms with Crippen LogP contribution >= 0.6 is 11.3 Å². The maximum absolute atomic E-state index is 14.1. The Morgan fingerprint density at radius 2 is 2.07 bits per heavy atom. The lowest BCUT2D eigenvalue weighted by molar-refractivity contribution is 0.0983. The van der Waals surface area contributed by atoms with Crippen molar-refractivity contribution in [3.63, 3.8) is 0 Å². The van der Waals surface area contributed by atoms with Gasteiger partial charge in [-0.05, 0) is 18.2 Å². The zero-order valence-corrected chi connectivity index (χ0v) is 16.1. The second-order valence-electron chi connectivity index (χ2n) is 6.21. The van der Waals surface area contributed by atoms with Crippen molar-refractivity contribution in [2.24, 2.45) is 0 Å². The van der Waals surface area contributed by atoms with Crippen LogP contribution in [0.2, 0.25) is 0 Å². The molecule has 0 saturated carbocycles. The topological polar surface area (TPSA) is 90.0 Å². The quantitative estimate of drug-likeness (QED) is 0.480. The van der Waals surface area contributed by atoms with Crippen LogP contribution in [0.5, 0.6) is 0 Å². The first kappa shape index (κ1) is 18.8. The van der Waals surface area contributed by atoms with Crippen LogP contribution in [0.25, 0.3) is 10.4 Å². The first-order chi connectivity index (χ1) is 14.0. The van der Waals surface area contributed by atoms with E-state index >= 15 is 0 Å². The van der Waals surface area contributed by atoms with Crippen molar-refractivity contribution in [2.45, 2.75) is 13.5 Å². The van der Waals surface area contributed by atoms with Gasteiger partial charge in [-0.15, -0.1) is 11.3 Å². The molecule has 1 amide bonds. The molecule has 3 aromatic heterocycles. The van der Waals surface area contributed by atoms with E-state index in [4.69, 9.17) is 4.42 Å². The summed E-state index contributed by atoms with van der Waals surface area (Å²) in [7, 11) is 0. The third-order valence-electron chi connectivity index (χ3n) is 4.12. The van der Waals surface area contributed by atoms with Gasteiger partial charge in [-0.2, -0.15) is 5.10 Å². The standard InChI is InChI=1S/C20H15FN4O3S/c1-12(26)17-7-6-14(28-17)10-25-9-13(8-23-25)24-20(27)18-19(29-11-22-18)15-4-2-3-5-16(15)21/h2-9,11H,10H2,1H3,(H,24,27). The molecule has 3 heterocycles. The molecule has 0 radical (unpaired) electrons. The summed E-state index contributed by atoms with van der Waals surface area (Å²) in [5.74, 6) is -0.177. The van der Waals surface area contributed by atoms with E-state index in [1.165, 1.54) is 36.0 Å². The number of benzene rings is 1. The lowest BCUT2D eigenvalue weighted by Crippen LogP contribution is -2.13. The minimum Gasteiger partial charge on any atom is -0.456 e. The summed E-state index contributed by atoms with van der Waals surface area (Å²) in [6, 6.07) is 9.55. The molecular formula is C20H15FN4O3S. The number of anilines is 1. The van der Waals surface area contributed by atoms with Crippen molar-refractivity contribution in [1.29, 1.82) is 0 Å². The number of aromatic nitrogens is 3. The minimum absolute atomic E-state index is 0.144. The fourth-order valence-electron chi connectivity index (χ4n) is 2.76. The lowest BCUT2D eigenvalue weighted by atomic mass is 10.1. The van der Waals surface area contributed by atoms with Crippen LogP contribution in [-0.4, -0.2) is 26.5 Å². The van der Waals surface area contributed by atoms with Gasteiger partial charge in [0.1, 0.15) is 17.3 Å². The smallest absolute Gasteiger partial charge is 0.275 e. The number of hydrogen-bond donors (Lipinski definition) is 1. The average Bonchev–Trinajstić information content (AvgIpc) is 3.43. The van der Waals surface area contributed by atoms with Gasteiger partial charge in [-0.1, -0.05) is 18.2 Å². The Labute approximate surface area is 168 Å². The molecule has 0 bridgehead atoms. The maximum Gasteiger partial charge on any atom is 0.275 e. The number of thiazole rings is 1. The Bertz CT molecular complexity index is 1190. The zero-order chi connectivity index (χ0) is 20.4. The summed E-state index contributed by atoms with van der Waals surface area (Å²) < 4.78 is 21.1. The fraction of sp³-hybridized carbons (Fsp3) is 0.100. The first-order valence-electron chi connectivity index (χ1n) is 8.63. The third kappa shape index (κ3) is 3.99. The van der Waals surface area contributed by atoms with E-state index in [0.717, 1.165) is 0 Å². The van der Waals surface area contributed by atoms with Gasteiger partial charge in [0, 0.05) is 18.7 Å². The van der Waals surface area contributed by atoms with Crippen molar-refractivity contribution >= 4 is 28.7 Å². The molecule has 0 unspecified atom stereocenters. The Morgan fingerprint density at radius 1 is 1.24 bits per heavy atom. The Hall–Kier alpha value is -3.59. The molecule has 29 heavy (non-hydrogen) atoms. The summed E-state index contributed by atoms with van der Waals surface area (Å²) >= 11 is 1.19. The number of carbonyl (C=O) groups excluding carboxylic acids is 2. The van der Waals surface area contributed by atoms with Crippen LogP contribution in [0, 0.1) is 5.82 Å². The molecule has 9 heteroatoms. The lowest BCUT2D eigenvalue weighted by Gasteiger charge is -2.04. The van der Waals surface area contributed by atoms with E-state index < -0.39 is 11.7 Å². The normalized spacial score (nSPS) is 10.8. The van der Waals surface area contributed by atoms with Crippen LogP contribution in [0.1, 0.15) is 33.7 Å². The molecule has 0 aliphatic carbocycles. The number of furan rings is 1. The number of ketones is 1. The highest BCUT2D eigenvalue weighted by Crippen LogP contribution is 2.30. The first-order valence-corrected chi connectivity index (χ1v) is 9.51. The molecular weight excluding hydrogens is 395 g/mol. The van der Waals surface area contributed by atoms with E-state index in [1.807, 2.05) is 0 Å². The van der Waals surface area contributed by atoms with Crippen LogP contribution in [0.15, 0.2) is 58.7 Å². The van der Waals surface area contributed by atoms with E-state index in [9.17, 15) is 14.0 Å². The minimum atomic E-state index is -0.457. The highest BCUT2D eigenvalue weighted by Gasteiger charge is 2.19. The highest BCUT2D eigenvalue weighted by atomic mass is 32.1. The highest BCUT2D eigenvalue weighted by molar-refractivity contribution is 7.13. The van der Waals surface area contributed by atoms with Gasteiger partial charge < -0.3 is 9.73 Å². The average molecular weight is 410 g/mol. The number of hydrogen-bond acceptors (Lipinski definition) is 6. The molecule has 0 aliphatic rings. The maximum atomic E-state index is 14.1. The van der Waals surface area contributed by atoms with Crippen molar-refractivity contribution in [2.75, 3.05) is 5.32 Å². The van der Waals surface area contributed by atoms with E-state index in [2.05, 4.69) is 15.4 Å². The van der Waals surface area contributed by atoms with Crippen LogP contribution in [0.3, 0.4) is 0 Å². The van der Waals surface area contributed by atoms with E-state index in [0.29, 0.717) is 28.4 Å². The molecule has 1 N–H and O–H groups in total. The fourth-order valence-corrected chi connectivity index (χ4v) is 3.57. The Kier molecular flexibility index (Phi) is 5.05. The van der Waals surface area contributed by atoms with Crippen LogP contribution in [-0.2, 0) is 6.54 Å². The van der Waals surface area contributed by atoms with Gasteiger partial charge in [0.05, 0.1) is 28.8 Å². The van der Waals surface area contributed by atoms with Crippen LogP contribution < -0.4 is 5.32 Å². The molecule has 4 rings (SSSR count).